The van der Waals surface area contributed by atoms with Crippen LogP contribution >= 0.6 is 7.82 Å². The van der Waals surface area contributed by atoms with Crippen molar-refractivity contribution >= 4 is 19.8 Å². The number of esters is 1. The summed E-state index contributed by atoms with van der Waals surface area (Å²) in [5, 5.41) is 18.1. The monoisotopic (exact) mass is 413 g/mol. The zero-order valence-electron chi connectivity index (χ0n) is 15.7. The molecule has 0 saturated carbocycles. The first kappa shape index (κ1) is 26.0. The van der Waals surface area contributed by atoms with Crippen molar-refractivity contribution in [3.8, 4) is 0 Å². The number of carbonyl (C=O) groups excluding carboxylic acids is 1. The highest BCUT2D eigenvalue weighted by Crippen LogP contribution is 2.43. The van der Waals surface area contributed by atoms with Crippen LogP contribution in [0.4, 0.5) is 0 Å². The highest BCUT2D eigenvalue weighted by molar-refractivity contribution is 7.47. The smallest absolute Gasteiger partial charge is 0.472 e. The summed E-state index contributed by atoms with van der Waals surface area (Å²) in [5.41, 5.74) is 5.12. The molecule has 1 unspecified atom stereocenters. The number of ether oxygens (including phenoxy) is 1. The number of hydrogen-bond acceptors (Lipinski definition) is 8. The molecule has 0 bridgehead atoms. The van der Waals surface area contributed by atoms with Crippen LogP contribution in [0.1, 0.15) is 58.3 Å². The Morgan fingerprint density at radius 3 is 2.15 bits per heavy atom. The van der Waals surface area contributed by atoms with Crippen molar-refractivity contribution in [2.24, 2.45) is 5.73 Å². The molecule has 160 valence electrons. The van der Waals surface area contributed by atoms with Crippen molar-refractivity contribution in [2.45, 2.75) is 70.4 Å². The average molecular weight is 413 g/mol. The number of rotatable bonds is 17. The Hall–Kier alpha value is -1.03. The molecule has 0 aliphatic rings. The van der Waals surface area contributed by atoms with Crippen LogP contribution < -0.4 is 5.73 Å². The van der Waals surface area contributed by atoms with Gasteiger partial charge < -0.3 is 25.6 Å². The number of phosphoric ester groups is 1. The molecule has 3 atom stereocenters. The van der Waals surface area contributed by atoms with E-state index in [1.165, 1.54) is 19.3 Å². The van der Waals surface area contributed by atoms with Crippen LogP contribution in [0.2, 0.25) is 0 Å². The Bertz CT molecular complexity index is 475. The molecule has 0 radical (unpaired) electrons. The minimum atomic E-state index is -4.56. The number of hydrogen-bond donors (Lipinski definition) is 4. The fraction of sp³-hybridized carbons (Fsp3) is 0.875. The lowest BCUT2D eigenvalue weighted by Crippen LogP contribution is -2.34. The van der Waals surface area contributed by atoms with E-state index < -0.39 is 45.1 Å². The third-order valence-electron chi connectivity index (χ3n) is 3.59. The molecule has 11 heteroatoms. The molecule has 0 heterocycles. The summed E-state index contributed by atoms with van der Waals surface area (Å²) < 4.78 is 25.3. The Balaban J connectivity index is 3.79. The van der Waals surface area contributed by atoms with Crippen LogP contribution in [-0.4, -0.2) is 59.0 Å². The van der Waals surface area contributed by atoms with Crippen molar-refractivity contribution in [1.29, 1.82) is 0 Å². The second-order valence-corrected chi connectivity index (χ2v) is 7.67. The number of carboxylic acid groups (broad SMARTS) is 1. The maximum absolute atomic E-state index is 11.6. The number of aliphatic hydroxyl groups excluding tert-OH is 1. The molecule has 0 aromatic heterocycles. The Morgan fingerprint density at radius 1 is 1.00 bits per heavy atom. The molecule has 27 heavy (non-hydrogen) atoms. The second kappa shape index (κ2) is 15.0. The minimum Gasteiger partial charge on any atom is -0.480 e. The summed E-state index contributed by atoms with van der Waals surface area (Å²) in [4.78, 5) is 31.4. The lowest BCUT2D eigenvalue weighted by atomic mass is 10.1. The third-order valence-corrected chi connectivity index (χ3v) is 4.54. The first-order valence-corrected chi connectivity index (χ1v) is 10.6. The van der Waals surface area contributed by atoms with Crippen molar-refractivity contribution in [3.05, 3.63) is 0 Å². The van der Waals surface area contributed by atoms with E-state index in [4.69, 9.17) is 15.6 Å². The van der Waals surface area contributed by atoms with Gasteiger partial charge in [0.2, 0.25) is 0 Å². The molecule has 5 N–H and O–H groups in total. The van der Waals surface area contributed by atoms with Gasteiger partial charge in [-0.3, -0.25) is 18.6 Å². The van der Waals surface area contributed by atoms with E-state index in [0.29, 0.717) is 6.42 Å². The van der Waals surface area contributed by atoms with Gasteiger partial charge in [-0.25, -0.2) is 4.57 Å². The topological polar surface area (TPSA) is 166 Å². The van der Waals surface area contributed by atoms with Crippen molar-refractivity contribution in [2.75, 3.05) is 19.8 Å². The van der Waals surface area contributed by atoms with E-state index >= 15 is 0 Å². The SMILES string of the molecule is CCCCCCCCCC(=O)OC[C@@H](O)COP(=O)(O)OC[C@H](N)C(=O)O. The fourth-order valence-electron chi connectivity index (χ4n) is 2.00. The Morgan fingerprint density at radius 2 is 1.56 bits per heavy atom. The summed E-state index contributed by atoms with van der Waals surface area (Å²) in [6.45, 7) is 0.411. The lowest BCUT2D eigenvalue weighted by Gasteiger charge is -2.16. The van der Waals surface area contributed by atoms with Gasteiger partial charge in [-0.05, 0) is 6.42 Å². The van der Waals surface area contributed by atoms with Gasteiger partial charge in [0.25, 0.3) is 0 Å². The van der Waals surface area contributed by atoms with Crippen molar-refractivity contribution < 1.29 is 43.0 Å². The third kappa shape index (κ3) is 15.7. The average Bonchev–Trinajstić information content (AvgIpc) is 2.62. The van der Waals surface area contributed by atoms with Gasteiger partial charge in [0.1, 0.15) is 18.8 Å². The van der Waals surface area contributed by atoms with E-state index in [1.807, 2.05) is 0 Å². The van der Waals surface area contributed by atoms with Gasteiger partial charge in [0, 0.05) is 6.42 Å². The molecule has 10 nitrogen and oxygen atoms in total. The number of phosphoric acid groups is 1. The predicted molar refractivity (Wildman–Crippen MR) is 96.9 cm³/mol. The van der Waals surface area contributed by atoms with Crippen molar-refractivity contribution in [3.63, 3.8) is 0 Å². The quantitative estimate of drug-likeness (QED) is 0.156. The van der Waals surface area contributed by atoms with Gasteiger partial charge in [-0.15, -0.1) is 0 Å². The zero-order valence-corrected chi connectivity index (χ0v) is 16.6. The molecule has 0 fully saturated rings. The summed E-state index contributed by atoms with van der Waals surface area (Å²) in [5.74, 6) is -1.86. The zero-order chi connectivity index (χ0) is 20.7. The van der Waals surface area contributed by atoms with Crippen LogP contribution in [0.5, 0.6) is 0 Å². The predicted octanol–water partition coefficient (Wildman–Crippen LogP) is 1.58. The molecule has 0 aliphatic heterocycles. The van der Waals surface area contributed by atoms with Crippen LogP contribution in [-0.2, 0) is 27.9 Å². The van der Waals surface area contributed by atoms with E-state index in [0.717, 1.165) is 19.3 Å². The number of carboxylic acids is 1. The number of unbranched alkanes of at least 4 members (excludes halogenated alkanes) is 6. The number of aliphatic hydroxyl groups is 1. The first-order valence-electron chi connectivity index (χ1n) is 9.12. The molecule has 0 spiro atoms. The van der Waals surface area contributed by atoms with Crippen LogP contribution in [0.15, 0.2) is 0 Å². The van der Waals surface area contributed by atoms with Crippen LogP contribution in [0.3, 0.4) is 0 Å². The molecular formula is C16H32NO9P. The molecule has 0 aromatic rings. The van der Waals surface area contributed by atoms with Crippen LogP contribution in [0.25, 0.3) is 0 Å². The van der Waals surface area contributed by atoms with E-state index in [1.54, 1.807) is 0 Å². The second-order valence-electron chi connectivity index (χ2n) is 6.21. The summed E-state index contributed by atoms with van der Waals surface area (Å²) in [6.07, 6.45) is 6.41. The standard InChI is InChI=1S/C16H32NO9P/c1-2-3-4-5-6-7-8-9-15(19)24-10-13(18)11-25-27(22,23)26-12-14(17)16(20)21/h13-14,18H,2-12,17H2,1H3,(H,20,21)(H,22,23)/t13-,14+/m1/s1. The normalized spacial score (nSPS) is 15.7. The van der Waals surface area contributed by atoms with Gasteiger partial charge in [0.05, 0.1) is 13.2 Å². The highest BCUT2D eigenvalue weighted by Gasteiger charge is 2.26. The maximum Gasteiger partial charge on any atom is 0.472 e. The lowest BCUT2D eigenvalue weighted by molar-refractivity contribution is -0.147. The largest absolute Gasteiger partial charge is 0.480 e. The molecule has 0 saturated heterocycles. The first-order chi connectivity index (χ1) is 12.7. The summed E-state index contributed by atoms with van der Waals surface area (Å²) >= 11 is 0. The minimum absolute atomic E-state index is 0.246. The number of aliphatic carboxylic acids is 1. The molecule has 0 aromatic carbocycles. The molecule has 0 aliphatic carbocycles. The van der Waals surface area contributed by atoms with Crippen molar-refractivity contribution in [1.82, 2.24) is 0 Å². The maximum atomic E-state index is 11.6. The molecule has 0 amide bonds. The van der Waals surface area contributed by atoms with Crippen LogP contribution in [0, 0.1) is 0 Å². The highest BCUT2D eigenvalue weighted by atomic mass is 31.2. The molecule has 0 rings (SSSR count). The van der Waals surface area contributed by atoms with E-state index in [9.17, 15) is 24.2 Å². The van der Waals surface area contributed by atoms with Gasteiger partial charge in [-0.1, -0.05) is 45.4 Å². The Labute approximate surface area is 159 Å². The number of nitrogens with two attached hydrogens (primary N) is 1. The number of carbonyl (C=O) groups is 2. The summed E-state index contributed by atoms with van der Waals surface area (Å²) in [6, 6.07) is -1.48. The fourth-order valence-corrected chi connectivity index (χ4v) is 2.78. The summed E-state index contributed by atoms with van der Waals surface area (Å²) in [7, 11) is -4.56. The molecular weight excluding hydrogens is 381 g/mol. The van der Waals surface area contributed by atoms with Gasteiger partial charge >= 0.3 is 19.8 Å². The van der Waals surface area contributed by atoms with Gasteiger partial charge in [-0.2, -0.15) is 0 Å². The van der Waals surface area contributed by atoms with E-state index in [-0.39, 0.29) is 13.0 Å². The Kier molecular flexibility index (Phi) is 14.4. The van der Waals surface area contributed by atoms with Gasteiger partial charge in [0.15, 0.2) is 0 Å². The van der Waals surface area contributed by atoms with E-state index in [2.05, 4.69) is 16.0 Å².